The van der Waals surface area contributed by atoms with E-state index in [1.807, 2.05) is 31.6 Å². The molecule has 0 atom stereocenters. The number of hydrogen-bond donors (Lipinski definition) is 2. The summed E-state index contributed by atoms with van der Waals surface area (Å²) in [6.45, 7) is 11.8. The van der Waals surface area contributed by atoms with Gasteiger partial charge < -0.3 is 15.5 Å². The zero-order valence-corrected chi connectivity index (χ0v) is 20.5. The zero-order valence-electron chi connectivity index (χ0n) is 18.2. The number of halogens is 1. The van der Waals surface area contributed by atoms with Gasteiger partial charge >= 0.3 is 0 Å². The van der Waals surface area contributed by atoms with Gasteiger partial charge in [-0.1, -0.05) is 6.07 Å². The Balaban J connectivity index is 0.00000300. The van der Waals surface area contributed by atoms with Gasteiger partial charge in [0.25, 0.3) is 0 Å². The highest BCUT2D eigenvalue weighted by molar-refractivity contribution is 14.0. The SMILES string of the molecule is CCNC(=NCc1c(C)nn(C)c1C)NC1CCN(c2cccc(C)n2)CC1.I. The first-order chi connectivity index (χ1) is 13.5. The van der Waals surface area contributed by atoms with Crippen molar-refractivity contribution in [2.75, 3.05) is 24.5 Å². The number of rotatable bonds is 5. The molecule has 0 aliphatic carbocycles. The molecule has 0 saturated carbocycles. The van der Waals surface area contributed by atoms with Crippen LogP contribution in [0.2, 0.25) is 0 Å². The maximum absolute atomic E-state index is 4.82. The average Bonchev–Trinajstić information content (AvgIpc) is 2.92. The van der Waals surface area contributed by atoms with E-state index in [1.165, 1.54) is 11.3 Å². The summed E-state index contributed by atoms with van der Waals surface area (Å²) in [5, 5.41) is 11.5. The van der Waals surface area contributed by atoms with Crippen LogP contribution >= 0.6 is 24.0 Å². The second-order valence-corrected chi connectivity index (χ2v) is 7.51. The van der Waals surface area contributed by atoms with E-state index in [2.05, 4.69) is 51.6 Å². The maximum Gasteiger partial charge on any atom is 0.191 e. The fraction of sp³-hybridized carbons (Fsp3) is 0.571. The maximum atomic E-state index is 4.82. The lowest BCUT2D eigenvalue weighted by Crippen LogP contribution is -2.48. The highest BCUT2D eigenvalue weighted by Crippen LogP contribution is 2.18. The largest absolute Gasteiger partial charge is 0.357 e. The first-order valence-corrected chi connectivity index (χ1v) is 10.2. The number of hydrogen-bond acceptors (Lipinski definition) is 4. The Kier molecular flexibility index (Phi) is 8.73. The standard InChI is InChI=1S/C21H33N7.HI/c1-6-22-21(23-14-19-16(3)26-27(5)17(19)4)25-18-10-12-28(13-11-18)20-9-7-8-15(2)24-20;/h7-9,18H,6,10-14H2,1-5H3,(H2,22,23,25);1H. The summed E-state index contributed by atoms with van der Waals surface area (Å²) in [4.78, 5) is 11.8. The minimum absolute atomic E-state index is 0. The van der Waals surface area contributed by atoms with Gasteiger partial charge in [0.05, 0.1) is 12.2 Å². The normalized spacial score (nSPS) is 15.2. The van der Waals surface area contributed by atoms with Crippen LogP contribution in [-0.4, -0.2) is 46.4 Å². The Morgan fingerprint density at radius 3 is 2.52 bits per heavy atom. The smallest absolute Gasteiger partial charge is 0.191 e. The molecule has 0 spiro atoms. The topological polar surface area (TPSA) is 70.4 Å². The van der Waals surface area contributed by atoms with Crippen molar-refractivity contribution in [2.24, 2.45) is 12.0 Å². The summed E-state index contributed by atoms with van der Waals surface area (Å²) in [5.41, 5.74) is 4.51. The van der Waals surface area contributed by atoms with E-state index in [0.29, 0.717) is 12.6 Å². The van der Waals surface area contributed by atoms with Crippen LogP contribution in [0.1, 0.15) is 42.4 Å². The lowest BCUT2D eigenvalue weighted by atomic mass is 10.1. The van der Waals surface area contributed by atoms with E-state index in [4.69, 9.17) is 4.99 Å². The number of aryl methyl sites for hydroxylation is 3. The minimum atomic E-state index is 0. The quantitative estimate of drug-likeness (QED) is 0.367. The van der Waals surface area contributed by atoms with Gasteiger partial charge in [0.2, 0.25) is 0 Å². The Bertz CT molecular complexity index is 822. The molecule has 0 radical (unpaired) electrons. The van der Waals surface area contributed by atoms with Crippen LogP contribution in [0.15, 0.2) is 23.2 Å². The van der Waals surface area contributed by atoms with Gasteiger partial charge in [-0.15, -0.1) is 24.0 Å². The minimum Gasteiger partial charge on any atom is -0.357 e. The molecule has 2 N–H and O–H groups in total. The van der Waals surface area contributed by atoms with Crippen molar-refractivity contribution in [1.29, 1.82) is 0 Å². The molecule has 0 bridgehead atoms. The van der Waals surface area contributed by atoms with E-state index in [-0.39, 0.29) is 24.0 Å². The summed E-state index contributed by atoms with van der Waals surface area (Å²) in [6.07, 6.45) is 2.15. The van der Waals surface area contributed by atoms with Crippen molar-refractivity contribution < 1.29 is 0 Å². The molecule has 8 heteroatoms. The number of nitrogens with zero attached hydrogens (tertiary/aromatic N) is 5. The summed E-state index contributed by atoms with van der Waals surface area (Å²) in [7, 11) is 1.98. The molecule has 0 aromatic carbocycles. The van der Waals surface area contributed by atoms with E-state index in [9.17, 15) is 0 Å². The third-order valence-corrected chi connectivity index (χ3v) is 5.43. The molecule has 3 rings (SSSR count). The van der Waals surface area contributed by atoms with Gasteiger partial charge in [-0.2, -0.15) is 5.10 Å². The Hall–Kier alpha value is -1.84. The van der Waals surface area contributed by atoms with E-state index in [0.717, 1.165) is 55.6 Å². The predicted molar refractivity (Wildman–Crippen MR) is 130 cm³/mol. The number of anilines is 1. The van der Waals surface area contributed by atoms with Crippen LogP contribution in [0.3, 0.4) is 0 Å². The van der Waals surface area contributed by atoms with Crippen LogP contribution in [0.4, 0.5) is 5.82 Å². The lowest BCUT2D eigenvalue weighted by molar-refractivity contribution is 0.459. The first kappa shape index (κ1) is 23.4. The monoisotopic (exact) mass is 511 g/mol. The second kappa shape index (κ2) is 10.8. The van der Waals surface area contributed by atoms with Crippen LogP contribution in [0, 0.1) is 20.8 Å². The van der Waals surface area contributed by atoms with Crippen molar-refractivity contribution in [3.8, 4) is 0 Å². The highest BCUT2D eigenvalue weighted by Gasteiger charge is 2.21. The third kappa shape index (κ3) is 6.07. The molecule has 0 unspecified atom stereocenters. The van der Waals surface area contributed by atoms with Gasteiger partial charge in [-0.3, -0.25) is 4.68 Å². The molecule has 0 amide bonds. The molecule has 7 nitrogen and oxygen atoms in total. The van der Waals surface area contributed by atoms with Gasteiger partial charge in [-0.25, -0.2) is 9.98 Å². The number of piperidine rings is 1. The third-order valence-electron chi connectivity index (χ3n) is 5.43. The van der Waals surface area contributed by atoms with Gasteiger partial charge in [0.1, 0.15) is 5.82 Å². The summed E-state index contributed by atoms with van der Waals surface area (Å²) in [5.74, 6) is 1.97. The number of aliphatic imine (C=N–C) groups is 1. The van der Waals surface area contributed by atoms with Crippen molar-refractivity contribution in [3.63, 3.8) is 0 Å². The van der Waals surface area contributed by atoms with Crippen LogP contribution in [-0.2, 0) is 13.6 Å². The first-order valence-electron chi connectivity index (χ1n) is 10.2. The van der Waals surface area contributed by atoms with Crippen molar-refractivity contribution >= 4 is 35.8 Å². The molecular formula is C21H34IN7. The molecular weight excluding hydrogens is 477 g/mol. The van der Waals surface area contributed by atoms with Crippen molar-refractivity contribution in [1.82, 2.24) is 25.4 Å². The molecule has 160 valence electrons. The molecule has 2 aromatic heterocycles. The van der Waals surface area contributed by atoms with Crippen LogP contribution < -0.4 is 15.5 Å². The van der Waals surface area contributed by atoms with Gasteiger partial charge in [-0.05, 0) is 52.7 Å². The second-order valence-electron chi connectivity index (χ2n) is 7.51. The van der Waals surface area contributed by atoms with Crippen LogP contribution in [0.25, 0.3) is 0 Å². The van der Waals surface area contributed by atoms with Gasteiger partial charge in [0.15, 0.2) is 5.96 Å². The highest BCUT2D eigenvalue weighted by atomic mass is 127. The summed E-state index contributed by atoms with van der Waals surface area (Å²) in [6, 6.07) is 6.66. The number of pyridine rings is 1. The zero-order chi connectivity index (χ0) is 20.1. The molecule has 1 fully saturated rings. The van der Waals surface area contributed by atoms with Crippen molar-refractivity contribution in [2.45, 2.75) is 53.1 Å². The van der Waals surface area contributed by atoms with E-state index >= 15 is 0 Å². The fourth-order valence-electron chi connectivity index (χ4n) is 3.68. The average molecular weight is 511 g/mol. The fourth-order valence-corrected chi connectivity index (χ4v) is 3.68. The van der Waals surface area contributed by atoms with Crippen LogP contribution in [0.5, 0.6) is 0 Å². The molecule has 29 heavy (non-hydrogen) atoms. The number of guanidine groups is 1. The molecule has 1 saturated heterocycles. The summed E-state index contributed by atoms with van der Waals surface area (Å²) >= 11 is 0. The van der Waals surface area contributed by atoms with E-state index in [1.54, 1.807) is 0 Å². The van der Waals surface area contributed by atoms with Crippen molar-refractivity contribution in [3.05, 3.63) is 40.8 Å². The Morgan fingerprint density at radius 2 is 1.93 bits per heavy atom. The van der Waals surface area contributed by atoms with E-state index < -0.39 is 0 Å². The predicted octanol–water partition coefficient (Wildman–Crippen LogP) is 3.08. The Labute approximate surface area is 191 Å². The number of nitrogens with one attached hydrogen (secondary N) is 2. The molecule has 1 aliphatic rings. The molecule has 1 aliphatic heterocycles. The van der Waals surface area contributed by atoms with Gasteiger partial charge in [0, 0.05) is 49.7 Å². The lowest BCUT2D eigenvalue weighted by Gasteiger charge is -2.34. The molecule has 2 aromatic rings. The summed E-state index contributed by atoms with van der Waals surface area (Å²) < 4.78 is 1.93. The molecule has 3 heterocycles. The Morgan fingerprint density at radius 1 is 1.21 bits per heavy atom. The number of aromatic nitrogens is 3.